The summed E-state index contributed by atoms with van der Waals surface area (Å²) in [7, 11) is -3.90. The second-order valence-corrected chi connectivity index (χ2v) is 10.3. The molecule has 0 radical (unpaired) electrons. The summed E-state index contributed by atoms with van der Waals surface area (Å²) >= 11 is 0. The zero-order valence-electron chi connectivity index (χ0n) is 19.0. The average Bonchev–Trinajstić information content (AvgIpc) is 3.30. The van der Waals surface area contributed by atoms with Crippen LogP contribution in [-0.2, 0) is 14.8 Å². The highest BCUT2D eigenvalue weighted by molar-refractivity contribution is 7.89. The van der Waals surface area contributed by atoms with Crippen LogP contribution in [0, 0.1) is 18.6 Å². The second-order valence-electron chi connectivity index (χ2n) is 8.18. The molecule has 0 N–H and O–H groups in total. The Morgan fingerprint density at radius 1 is 1.20 bits per heavy atom. The van der Waals surface area contributed by atoms with E-state index in [1.165, 1.54) is 23.6 Å². The molecular formula is C22H22F2N6O4S. The molecule has 1 fully saturated rings. The summed E-state index contributed by atoms with van der Waals surface area (Å²) in [6.45, 7) is 4.95. The van der Waals surface area contributed by atoms with Gasteiger partial charge in [0.1, 0.15) is 17.2 Å². The van der Waals surface area contributed by atoms with Crippen LogP contribution in [0.15, 0.2) is 24.5 Å². The van der Waals surface area contributed by atoms with Gasteiger partial charge in [0.2, 0.25) is 0 Å². The van der Waals surface area contributed by atoms with E-state index in [1.807, 2.05) is 0 Å². The minimum Gasteiger partial charge on any atom is -0.380 e. The van der Waals surface area contributed by atoms with Gasteiger partial charge in [0.05, 0.1) is 35.2 Å². The lowest BCUT2D eigenvalue weighted by Crippen LogP contribution is -2.33. The summed E-state index contributed by atoms with van der Waals surface area (Å²) in [5, 5.41) is 4.65. The van der Waals surface area contributed by atoms with Crippen molar-refractivity contribution in [3.05, 3.63) is 47.5 Å². The summed E-state index contributed by atoms with van der Waals surface area (Å²) in [5.74, 6) is -2.30. The molecule has 35 heavy (non-hydrogen) atoms. The Kier molecular flexibility index (Phi) is 5.75. The molecule has 1 aliphatic rings. The van der Waals surface area contributed by atoms with Gasteiger partial charge in [-0.25, -0.2) is 27.2 Å². The predicted octanol–water partition coefficient (Wildman–Crippen LogP) is 2.39. The van der Waals surface area contributed by atoms with Crippen LogP contribution >= 0.6 is 0 Å². The van der Waals surface area contributed by atoms with Crippen LogP contribution in [0.2, 0.25) is 0 Å². The number of imidazole rings is 1. The standard InChI is InChI=1S/C22H22F2N6O4S/c1-3-35(32,33)30-17-10-16(22(31)28-5-4-7-34-8-6-28)26-13(2)19(17)20(27-30)18-11-25-21-15(24)9-14(23)12-29(18)21/h9-12H,3-8H2,1-2H3. The number of pyridine rings is 2. The molecule has 0 spiro atoms. The quantitative estimate of drug-likeness (QED) is 0.420. The fourth-order valence-electron chi connectivity index (χ4n) is 4.22. The van der Waals surface area contributed by atoms with E-state index in [9.17, 15) is 22.0 Å². The fourth-order valence-corrected chi connectivity index (χ4v) is 5.11. The van der Waals surface area contributed by atoms with E-state index in [-0.39, 0.29) is 39.9 Å². The predicted molar refractivity (Wildman–Crippen MR) is 123 cm³/mol. The molecule has 13 heteroatoms. The Morgan fingerprint density at radius 3 is 2.77 bits per heavy atom. The van der Waals surface area contributed by atoms with Crippen molar-refractivity contribution in [2.24, 2.45) is 0 Å². The number of fused-ring (bicyclic) bond motifs is 2. The van der Waals surface area contributed by atoms with E-state index in [0.29, 0.717) is 49.9 Å². The van der Waals surface area contributed by atoms with Crippen LogP contribution in [0.4, 0.5) is 8.78 Å². The monoisotopic (exact) mass is 504 g/mol. The molecule has 184 valence electrons. The molecule has 0 unspecified atom stereocenters. The van der Waals surface area contributed by atoms with E-state index in [4.69, 9.17) is 4.74 Å². The first-order valence-corrected chi connectivity index (χ1v) is 12.7. The lowest BCUT2D eigenvalue weighted by Gasteiger charge is -2.19. The van der Waals surface area contributed by atoms with E-state index < -0.39 is 21.7 Å². The van der Waals surface area contributed by atoms with Gasteiger partial charge in [0.25, 0.3) is 15.9 Å². The molecule has 4 aromatic heterocycles. The summed E-state index contributed by atoms with van der Waals surface area (Å²) in [6, 6.07) is 2.10. The van der Waals surface area contributed by atoms with Gasteiger partial charge in [0.15, 0.2) is 11.5 Å². The number of ether oxygens (including phenoxy) is 1. The van der Waals surface area contributed by atoms with Crippen molar-refractivity contribution < 1.29 is 26.7 Å². The maximum absolute atomic E-state index is 14.3. The van der Waals surface area contributed by atoms with Gasteiger partial charge in [0, 0.05) is 37.7 Å². The van der Waals surface area contributed by atoms with Crippen LogP contribution in [0.1, 0.15) is 29.5 Å². The molecule has 0 atom stereocenters. The molecular weight excluding hydrogens is 482 g/mol. The third-order valence-corrected chi connectivity index (χ3v) is 7.48. The van der Waals surface area contributed by atoms with Crippen LogP contribution in [-0.4, -0.2) is 74.8 Å². The Hall–Kier alpha value is -3.45. The molecule has 4 aromatic rings. The maximum Gasteiger partial charge on any atom is 0.272 e. The highest BCUT2D eigenvalue weighted by atomic mass is 32.2. The summed E-state index contributed by atoms with van der Waals surface area (Å²) in [4.78, 5) is 23.3. The van der Waals surface area contributed by atoms with Crippen LogP contribution in [0.25, 0.3) is 27.9 Å². The van der Waals surface area contributed by atoms with E-state index in [1.54, 1.807) is 11.8 Å². The summed E-state index contributed by atoms with van der Waals surface area (Å²) < 4.78 is 61.5. The van der Waals surface area contributed by atoms with E-state index in [0.717, 1.165) is 10.3 Å². The molecule has 5 rings (SSSR count). The van der Waals surface area contributed by atoms with Gasteiger partial charge in [-0.15, -0.1) is 0 Å². The number of rotatable bonds is 4. The van der Waals surface area contributed by atoms with Crippen LogP contribution in [0.3, 0.4) is 0 Å². The molecule has 0 saturated carbocycles. The first kappa shape index (κ1) is 23.3. The Labute approximate surface area is 199 Å². The molecule has 1 saturated heterocycles. The molecule has 1 amide bonds. The Bertz CT molecular complexity index is 1570. The van der Waals surface area contributed by atoms with Gasteiger partial charge in [-0.2, -0.15) is 9.19 Å². The van der Waals surface area contributed by atoms with Crippen LogP contribution in [0.5, 0.6) is 0 Å². The number of amides is 1. The highest BCUT2D eigenvalue weighted by Gasteiger charge is 2.27. The molecule has 0 bridgehead atoms. The molecule has 5 heterocycles. The van der Waals surface area contributed by atoms with Crippen molar-refractivity contribution in [2.45, 2.75) is 20.3 Å². The molecule has 0 aromatic carbocycles. The summed E-state index contributed by atoms with van der Waals surface area (Å²) in [6.07, 6.45) is 3.01. The number of halogens is 2. The second kappa shape index (κ2) is 8.64. The maximum atomic E-state index is 14.3. The highest BCUT2D eigenvalue weighted by Crippen LogP contribution is 2.32. The zero-order valence-corrected chi connectivity index (χ0v) is 19.8. The molecule has 10 nitrogen and oxygen atoms in total. The van der Waals surface area contributed by atoms with Crippen molar-refractivity contribution in [3.8, 4) is 11.4 Å². The van der Waals surface area contributed by atoms with Crippen molar-refractivity contribution in [1.29, 1.82) is 0 Å². The zero-order chi connectivity index (χ0) is 24.9. The number of carbonyl (C=O) groups excluding carboxylic acids is 1. The number of hydrogen-bond acceptors (Lipinski definition) is 7. The Balaban J connectivity index is 1.75. The Morgan fingerprint density at radius 2 is 2.00 bits per heavy atom. The largest absolute Gasteiger partial charge is 0.380 e. The van der Waals surface area contributed by atoms with Crippen LogP contribution < -0.4 is 0 Å². The van der Waals surface area contributed by atoms with E-state index >= 15 is 0 Å². The van der Waals surface area contributed by atoms with Gasteiger partial charge in [-0.05, 0) is 26.3 Å². The average molecular weight is 505 g/mol. The third kappa shape index (κ3) is 3.93. The molecule has 1 aliphatic heterocycles. The first-order chi connectivity index (χ1) is 16.7. The van der Waals surface area contributed by atoms with Crippen molar-refractivity contribution in [1.82, 2.24) is 28.5 Å². The first-order valence-electron chi connectivity index (χ1n) is 11.0. The third-order valence-electron chi connectivity index (χ3n) is 5.94. The topological polar surface area (TPSA) is 112 Å². The van der Waals surface area contributed by atoms with Gasteiger partial charge >= 0.3 is 0 Å². The van der Waals surface area contributed by atoms with Gasteiger partial charge in [-0.1, -0.05) is 0 Å². The lowest BCUT2D eigenvalue weighted by atomic mass is 10.1. The number of hydrogen-bond donors (Lipinski definition) is 0. The molecule has 0 aliphatic carbocycles. The minimum atomic E-state index is -3.90. The normalized spacial score (nSPS) is 15.1. The van der Waals surface area contributed by atoms with Crippen molar-refractivity contribution >= 4 is 32.5 Å². The summed E-state index contributed by atoms with van der Waals surface area (Å²) in [5.41, 5.74) is 0.741. The number of carbonyl (C=O) groups is 1. The van der Waals surface area contributed by atoms with Gasteiger partial charge < -0.3 is 9.64 Å². The SMILES string of the molecule is CCS(=O)(=O)n1nc(-c2cnc3c(F)cc(F)cn23)c2c(C)nc(C(=O)N3CCCOCC3)cc21. The smallest absolute Gasteiger partial charge is 0.272 e. The van der Waals surface area contributed by atoms with Crippen molar-refractivity contribution in [2.75, 3.05) is 32.1 Å². The number of aryl methyl sites for hydroxylation is 1. The minimum absolute atomic E-state index is 0.0751. The lowest BCUT2D eigenvalue weighted by molar-refractivity contribution is 0.0735. The van der Waals surface area contributed by atoms with E-state index in [2.05, 4.69) is 15.1 Å². The van der Waals surface area contributed by atoms with Crippen molar-refractivity contribution in [3.63, 3.8) is 0 Å². The fraction of sp³-hybridized carbons (Fsp3) is 0.364. The number of nitrogens with zero attached hydrogens (tertiary/aromatic N) is 6. The van der Waals surface area contributed by atoms with Gasteiger partial charge in [-0.3, -0.25) is 9.20 Å². The number of aromatic nitrogens is 5.